The minimum absolute atomic E-state index is 0.162. The van der Waals surface area contributed by atoms with Crippen molar-refractivity contribution in [3.8, 4) is 0 Å². The van der Waals surface area contributed by atoms with E-state index in [9.17, 15) is 4.79 Å². The number of piperidine rings is 1. The van der Waals surface area contributed by atoms with E-state index < -0.39 is 0 Å². The molecule has 1 fully saturated rings. The van der Waals surface area contributed by atoms with E-state index in [-0.39, 0.29) is 6.09 Å². The molecule has 0 aromatic heterocycles. The zero-order valence-electron chi connectivity index (χ0n) is 12.2. The molecule has 4 heteroatoms. The number of rotatable bonds is 8. The number of carbonyl (C=O) groups is 1. The van der Waals surface area contributed by atoms with Gasteiger partial charge in [0, 0.05) is 19.1 Å². The first-order valence-electron chi connectivity index (χ1n) is 7.54. The summed E-state index contributed by atoms with van der Waals surface area (Å²) in [5, 5.41) is 3.59. The van der Waals surface area contributed by atoms with Crippen LogP contribution in [0.4, 0.5) is 4.79 Å². The summed E-state index contributed by atoms with van der Waals surface area (Å²) in [5.74, 6) is 0. The Morgan fingerprint density at radius 3 is 2.74 bits per heavy atom. The van der Waals surface area contributed by atoms with E-state index in [0.29, 0.717) is 12.6 Å². The summed E-state index contributed by atoms with van der Waals surface area (Å²) in [6.07, 6.45) is 8.75. The van der Waals surface area contributed by atoms with Crippen LogP contribution < -0.4 is 5.32 Å². The average Bonchev–Trinajstić information content (AvgIpc) is 2.43. The molecule has 0 bridgehead atoms. The molecule has 0 aromatic carbocycles. The number of amides is 1. The summed E-state index contributed by atoms with van der Waals surface area (Å²) in [6, 6.07) is 0.560. The van der Waals surface area contributed by atoms with Gasteiger partial charge < -0.3 is 15.0 Å². The second-order valence-electron chi connectivity index (χ2n) is 5.05. The highest BCUT2D eigenvalue weighted by molar-refractivity contribution is 5.67. The first-order valence-corrected chi connectivity index (χ1v) is 7.54. The Morgan fingerprint density at radius 2 is 2.11 bits per heavy atom. The minimum atomic E-state index is -0.162. The number of unbranched alkanes of at least 4 members (excludes halogenated alkanes) is 3. The molecule has 0 spiro atoms. The topological polar surface area (TPSA) is 41.6 Å². The molecule has 1 aliphatic heterocycles. The second-order valence-corrected chi connectivity index (χ2v) is 5.05. The quantitative estimate of drug-likeness (QED) is 0.543. The fourth-order valence-corrected chi connectivity index (χ4v) is 2.38. The van der Waals surface area contributed by atoms with Crippen LogP contribution in [-0.4, -0.2) is 43.3 Å². The molecule has 110 valence electrons. The summed E-state index contributed by atoms with van der Waals surface area (Å²) in [4.78, 5) is 13.4. The maximum absolute atomic E-state index is 11.5. The third-order valence-corrected chi connectivity index (χ3v) is 3.54. The Labute approximate surface area is 117 Å². The highest BCUT2D eigenvalue weighted by Crippen LogP contribution is 2.11. The van der Waals surface area contributed by atoms with E-state index in [1.165, 1.54) is 19.3 Å². The normalized spacial score (nSPS) is 16.4. The van der Waals surface area contributed by atoms with Gasteiger partial charge in [-0.15, -0.1) is 6.58 Å². The van der Waals surface area contributed by atoms with Crippen molar-refractivity contribution >= 4 is 6.09 Å². The third-order valence-electron chi connectivity index (χ3n) is 3.54. The van der Waals surface area contributed by atoms with Crippen LogP contribution in [0.1, 0.15) is 45.4 Å². The summed E-state index contributed by atoms with van der Waals surface area (Å²) in [6.45, 7) is 8.74. The number of nitrogens with one attached hydrogen (secondary N) is 1. The lowest BCUT2D eigenvalue weighted by atomic mass is 10.1. The van der Waals surface area contributed by atoms with Crippen LogP contribution in [0.25, 0.3) is 0 Å². The van der Waals surface area contributed by atoms with E-state index in [2.05, 4.69) is 11.9 Å². The highest BCUT2D eigenvalue weighted by Gasteiger charge is 2.22. The van der Waals surface area contributed by atoms with Gasteiger partial charge in [0.05, 0.1) is 6.61 Å². The lowest BCUT2D eigenvalue weighted by Gasteiger charge is -2.31. The fourth-order valence-electron chi connectivity index (χ4n) is 2.38. The minimum Gasteiger partial charge on any atom is -0.450 e. The zero-order valence-corrected chi connectivity index (χ0v) is 12.2. The lowest BCUT2D eigenvalue weighted by Crippen LogP contribution is -2.45. The Kier molecular flexibility index (Phi) is 8.30. The number of hydrogen-bond donors (Lipinski definition) is 1. The van der Waals surface area contributed by atoms with Crippen LogP contribution in [0.5, 0.6) is 0 Å². The number of likely N-dealkylation sites (tertiary alicyclic amines) is 1. The number of allylic oxidation sites excluding steroid dienone is 1. The van der Waals surface area contributed by atoms with Crippen LogP contribution in [-0.2, 0) is 4.74 Å². The number of hydrogen-bond acceptors (Lipinski definition) is 3. The van der Waals surface area contributed by atoms with E-state index in [1.807, 2.05) is 17.9 Å². The molecule has 0 atom stereocenters. The summed E-state index contributed by atoms with van der Waals surface area (Å²) in [5.41, 5.74) is 0. The SMILES string of the molecule is C=CCCCCCNC1CCN(C(=O)OCC)CC1. The smallest absolute Gasteiger partial charge is 0.409 e. The van der Waals surface area contributed by atoms with E-state index >= 15 is 0 Å². The van der Waals surface area contributed by atoms with Gasteiger partial charge in [-0.3, -0.25) is 0 Å². The second kappa shape index (κ2) is 9.84. The predicted molar refractivity (Wildman–Crippen MR) is 78.3 cm³/mol. The first-order chi connectivity index (χ1) is 9.27. The molecule has 1 heterocycles. The Hall–Kier alpha value is -1.03. The fraction of sp³-hybridized carbons (Fsp3) is 0.800. The molecular formula is C15H28N2O2. The summed E-state index contributed by atoms with van der Waals surface area (Å²) in [7, 11) is 0. The molecule has 19 heavy (non-hydrogen) atoms. The van der Waals surface area contributed by atoms with Crippen molar-refractivity contribution < 1.29 is 9.53 Å². The van der Waals surface area contributed by atoms with Crippen molar-refractivity contribution in [1.82, 2.24) is 10.2 Å². The van der Waals surface area contributed by atoms with Crippen LogP contribution in [0.3, 0.4) is 0 Å². The van der Waals surface area contributed by atoms with Crippen LogP contribution in [0, 0.1) is 0 Å². The highest BCUT2D eigenvalue weighted by atomic mass is 16.6. The van der Waals surface area contributed by atoms with Gasteiger partial charge in [0.25, 0.3) is 0 Å². The molecule has 0 aromatic rings. The molecule has 0 unspecified atom stereocenters. The molecule has 0 saturated carbocycles. The van der Waals surface area contributed by atoms with Gasteiger partial charge in [-0.1, -0.05) is 12.5 Å². The van der Waals surface area contributed by atoms with Crippen LogP contribution >= 0.6 is 0 Å². The van der Waals surface area contributed by atoms with Crippen molar-refractivity contribution in [2.45, 2.75) is 51.5 Å². The number of carbonyl (C=O) groups excluding carboxylic acids is 1. The standard InChI is InChI=1S/C15H28N2O2/c1-3-5-6-7-8-11-16-14-9-12-17(13-10-14)15(18)19-4-2/h3,14,16H,1,4-13H2,2H3. The third kappa shape index (κ3) is 6.62. The van der Waals surface area contributed by atoms with Gasteiger partial charge in [0.2, 0.25) is 0 Å². The maximum atomic E-state index is 11.5. The zero-order chi connectivity index (χ0) is 13.9. The molecule has 1 N–H and O–H groups in total. The molecule has 0 aliphatic carbocycles. The summed E-state index contributed by atoms with van der Waals surface area (Å²) >= 11 is 0. The van der Waals surface area contributed by atoms with Crippen LogP contribution in [0.2, 0.25) is 0 Å². The number of ether oxygens (including phenoxy) is 1. The van der Waals surface area contributed by atoms with Gasteiger partial charge in [0.15, 0.2) is 0 Å². The van der Waals surface area contributed by atoms with Gasteiger partial charge in [-0.2, -0.15) is 0 Å². The molecule has 0 radical (unpaired) electrons. The number of nitrogens with zero attached hydrogens (tertiary/aromatic N) is 1. The van der Waals surface area contributed by atoms with Crippen molar-refractivity contribution in [1.29, 1.82) is 0 Å². The Bertz CT molecular complexity index is 261. The van der Waals surface area contributed by atoms with Gasteiger partial charge >= 0.3 is 6.09 Å². The molecule has 1 rings (SSSR count). The van der Waals surface area contributed by atoms with Crippen molar-refractivity contribution in [3.05, 3.63) is 12.7 Å². The van der Waals surface area contributed by atoms with E-state index in [0.717, 1.165) is 38.9 Å². The monoisotopic (exact) mass is 268 g/mol. The maximum Gasteiger partial charge on any atom is 0.409 e. The van der Waals surface area contributed by atoms with Crippen molar-refractivity contribution in [3.63, 3.8) is 0 Å². The molecule has 4 nitrogen and oxygen atoms in total. The summed E-state index contributed by atoms with van der Waals surface area (Å²) < 4.78 is 5.01. The Balaban J connectivity index is 2.03. The van der Waals surface area contributed by atoms with Gasteiger partial charge in [-0.25, -0.2) is 4.79 Å². The molecule has 1 aliphatic rings. The van der Waals surface area contributed by atoms with Gasteiger partial charge in [0.1, 0.15) is 0 Å². The van der Waals surface area contributed by atoms with E-state index in [4.69, 9.17) is 4.74 Å². The molecule has 1 amide bonds. The van der Waals surface area contributed by atoms with Crippen molar-refractivity contribution in [2.24, 2.45) is 0 Å². The van der Waals surface area contributed by atoms with E-state index in [1.54, 1.807) is 0 Å². The molecular weight excluding hydrogens is 240 g/mol. The molecule has 1 saturated heterocycles. The lowest BCUT2D eigenvalue weighted by molar-refractivity contribution is 0.0951. The van der Waals surface area contributed by atoms with Crippen molar-refractivity contribution in [2.75, 3.05) is 26.2 Å². The van der Waals surface area contributed by atoms with Gasteiger partial charge in [-0.05, 0) is 45.6 Å². The largest absolute Gasteiger partial charge is 0.450 e. The average molecular weight is 268 g/mol. The predicted octanol–water partition coefficient (Wildman–Crippen LogP) is 2.94. The Morgan fingerprint density at radius 1 is 1.37 bits per heavy atom. The van der Waals surface area contributed by atoms with Crippen LogP contribution in [0.15, 0.2) is 12.7 Å². The first kappa shape index (κ1) is 16.0.